The molecule has 0 aliphatic carbocycles. The summed E-state index contributed by atoms with van der Waals surface area (Å²) in [7, 11) is 1.50. The number of anilines is 2. The minimum atomic E-state index is -1.19. The molecule has 1 aromatic heterocycles. The maximum absolute atomic E-state index is 13.8. The highest BCUT2D eigenvalue weighted by Gasteiger charge is 2.36. The number of hydrogen-bond donors (Lipinski definition) is 3. The van der Waals surface area contributed by atoms with Crippen LogP contribution in [0.3, 0.4) is 0 Å². The second-order valence-electron chi connectivity index (χ2n) is 7.39. The van der Waals surface area contributed by atoms with E-state index in [9.17, 15) is 18.8 Å². The Morgan fingerprint density at radius 1 is 1.21 bits per heavy atom. The fourth-order valence-electron chi connectivity index (χ4n) is 3.34. The first-order valence-electron chi connectivity index (χ1n) is 10.2. The Morgan fingerprint density at radius 2 is 1.91 bits per heavy atom. The second-order valence-corrected chi connectivity index (χ2v) is 8.16. The highest BCUT2D eigenvalue weighted by atomic mass is 32.1. The fourth-order valence-corrected chi connectivity index (χ4v) is 4.08. The van der Waals surface area contributed by atoms with E-state index in [4.69, 9.17) is 16.2 Å². The molecule has 11 heteroatoms. The van der Waals surface area contributed by atoms with Gasteiger partial charge in [-0.2, -0.15) is 4.37 Å². The van der Waals surface area contributed by atoms with Gasteiger partial charge in [-0.1, -0.05) is 24.3 Å². The first kappa shape index (κ1) is 24.8. The number of nitrogens with two attached hydrogens (primary N) is 2. The molecular weight excluding hydrogens is 461 g/mol. The van der Waals surface area contributed by atoms with Gasteiger partial charge in [0.1, 0.15) is 16.7 Å². The minimum absolute atomic E-state index is 0.0490. The van der Waals surface area contributed by atoms with E-state index >= 15 is 0 Å². The van der Waals surface area contributed by atoms with Gasteiger partial charge in [-0.05, 0) is 53.8 Å². The van der Waals surface area contributed by atoms with E-state index in [2.05, 4.69) is 9.69 Å². The summed E-state index contributed by atoms with van der Waals surface area (Å²) in [5.74, 6) is -2.54. The average Bonchev–Trinajstić information content (AvgIpc) is 3.19. The average molecular weight is 486 g/mol. The number of nitrogen functional groups attached to an aromatic ring is 1. The molecule has 0 fully saturated rings. The Kier molecular flexibility index (Phi) is 7.92. The number of halogens is 1. The number of primary amides is 1. The molecule has 5 N–H and O–H groups in total. The number of carbonyl (C=O) groups excluding carboxylic acids is 3. The lowest BCUT2D eigenvalue weighted by atomic mass is 10.0. The number of nitrogens with zero attached hydrogens (tertiary/aromatic N) is 2. The summed E-state index contributed by atoms with van der Waals surface area (Å²) in [5, 5.41) is 2.74. The number of rotatable bonds is 9. The van der Waals surface area contributed by atoms with E-state index in [0.29, 0.717) is 22.8 Å². The van der Waals surface area contributed by atoms with Crippen molar-refractivity contribution in [2.45, 2.75) is 13.0 Å². The van der Waals surface area contributed by atoms with Crippen molar-refractivity contribution in [1.82, 2.24) is 9.69 Å². The quantitative estimate of drug-likeness (QED) is 0.398. The van der Waals surface area contributed by atoms with Crippen molar-refractivity contribution in [2.75, 3.05) is 30.9 Å². The van der Waals surface area contributed by atoms with Gasteiger partial charge in [-0.15, -0.1) is 0 Å². The summed E-state index contributed by atoms with van der Waals surface area (Å²) in [6.45, 7) is 2.28. The van der Waals surface area contributed by atoms with Crippen LogP contribution in [0.25, 0.3) is 0 Å². The van der Waals surface area contributed by atoms with Crippen LogP contribution >= 0.6 is 11.5 Å². The zero-order chi connectivity index (χ0) is 24.8. The zero-order valence-corrected chi connectivity index (χ0v) is 19.4. The number of amides is 3. The highest BCUT2D eigenvalue weighted by molar-refractivity contribution is 7.09. The number of ether oxygens (including phenoxy) is 1. The summed E-state index contributed by atoms with van der Waals surface area (Å²) in [6, 6.07) is 11.0. The maximum atomic E-state index is 13.8. The molecule has 9 nitrogen and oxygen atoms in total. The Hall–Kier alpha value is -3.83. The molecule has 0 saturated heterocycles. The molecular formula is C23H24FN5O4S. The molecule has 3 rings (SSSR count). The number of nitrogens with one attached hydrogen (secondary N) is 1. The van der Waals surface area contributed by atoms with Gasteiger partial charge in [0.05, 0.1) is 12.3 Å². The zero-order valence-electron chi connectivity index (χ0n) is 18.6. The molecule has 3 aromatic rings. The van der Waals surface area contributed by atoms with E-state index in [-0.39, 0.29) is 29.4 Å². The lowest BCUT2D eigenvalue weighted by Crippen LogP contribution is -2.44. The fraction of sp³-hybridized carbons (Fsp3) is 0.217. The van der Waals surface area contributed by atoms with Crippen molar-refractivity contribution < 1.29 is 23.5 Å². The van der Waals surface area contributed by atoms with Crippen molar-refractivity contribution in [3.63, 3.8) is 0 Å². The first-order chi connectivity index (χ1) is 16.2. The van der Waals surface area contributed by atoms with Crippen LogP contribution in [0.4, 0.5) is 15.8 Å². The number of benzene rings is 2. The van der Waals surface area contributed by atoms with E-state index < -0.39 is 29.6 Å². The summed E-state index contributed by atoms with van der Waals surface area (Å²) in [4.78, 5) is 40.0. The van der Waals surface area contributed by atoms with Crippen LogP contribution in [0, 0.1) is 12.7 Å². The van der Waals surface area contributed by atoms with Gasteiger partial charge in [-0.3, -0.25) is 19.3 Å². The van der Waals surface area contributed by atoms with Gasteiger partial charge in [0.25, 0.3) is 11.8 Å². The lowest BCUT2D eigenvalue weighted by Gasteiger charge is -2.31. The summed E-state index contributed by atoms with van der Waals surface area (Å²) in [5.41, 5.74) is 12.5. The Morgan fingerprint density at radius 3 is 2.50 bits per heavy atom. The van der Waals surface area contributed by atoms with Crippen LogP contribution in [0.5, 0.6) is 0 Å². The SMILES string of the molecule is COCCNC(=O)[C@H](c1ccc(F)cc1)N(C(=O)c1snc(C(N)=O)c1N)c1cccc(C)c1. The third-order valence-corrected chi connectivity index (χ3v) is 5.80. The number of hydrogen-bond acceptors (Lipinski definition) is 7. The van der Waals surface area contributed by atoms with Gasteiger partial charge < -0.3 is 21.5 Å². The lowest BCUT2D eigenvalue weighted by molar-refractivity contribution is -0.122. The minimum Gasteiger partial charge on any atom is -0.395 e. The standard InChI is InChI=1S/C23H24FN5O4S/c1-13-4-3-5-16(12-13)29(23(32)20-17(25)18(21(26)30)28-34-20)19(22(31)27-10-11-33-2)14-6-8-15(24)9-7-14/h3-9,12,19H,10-11,25H2,1-2H3,(H2,26,30)(H,27,31)/t19-/m0/s1. The summed E-state index contributed by atoms with van der Waals surface area (Å²) >= 11 is 0.709. The molecule has 0 saturated carbocycles. The molecule has 178 valence electrons. The third kappa shape index (κ3) is 5.38. The molecule has 1 heterocycles. The molecule has 34 heavy (non-hydrogen) atoms. The predicted octanol–water partition coefficient (Wildman–Crippen LogP) is 2.42. The topological polar surface area (TPSA) is 141 Å². The van der Waals surface area contributed by atoms with Crippen LogP contribution in [0.2, 0.25) is 0 Å². The van der Waals surface area contributed by atoms with E-state index in [1.807, 2.05) is 13.0 Å². The van der Waals surface area contributed by atoms with Crippen molar-refractivity contribution in [2.24, 2.45) is 5.73 Å². The number of aryl methyl sites for hydroxylation is 1. The Bertz CT molecular complexity index is 1200. The van der Waals surface area contributed by atoms with Crippen LogP contribution < -0.4 is 21.7 Å². The summed E-state index contributed by atoms with van der Waals surface area (Å²) < 4.78 is 22.6. The van der Waals surface area contributed by atoms with Crippen LogP contribution in [-0.4, -0.2) is 42.4 Å². The smallest absolute Gasteiger partial charge is 0.273 e. The number of carbonyl (C=O) groups is 3. The molecule has 1 atom stereocenters. The molecule has 0 unspecified atom stereocenters. The molecule has 0 radical (unpaired) electrons. The number of methoxy groups -OCH3 is 1. The van der Waals surface area contributed by atoms with E-state index in [1.165, 1.54) is 36.3 Å². The van der Waals surface area contributed by atoms with Gasteiger partial charge in [0.2, 0.25) is 5.91 Å². The monoisotopic (exact) mass is 485 g/mol. The van der Waals surface area contributed by atoms with Crippen LogP contribution in [0.1, 0.15) is 37.3 Å². The van der Waals surface area contributed by atoms with Crippen LogP contribution in [-0.2, 0) is 9.53 Å². The van der Waals surface area contributed by atoms with Crippen molar-refractivity contribution in [3.05, 3.63) is 76.0 Å². The van der Waals surface area contributed by atoms with Crippen LogP contribution in [0.15, 0.2) is 48.5 Å². The largest absolute Gasteiger partial charge is 0.395 e. The molecule has 0 aliphatic heterocycles. The maximum Gasteiger partial charge on any atom is 0.273 e. The summed E-state index contributed by atoms with van der Waals surface area (Å²) in [6.07, 6.45) is 0. The van der Waals surface area contributed by atoms with Gasteiger partial charge >= 0.3 is 0 Å². The van der Waals surface area contributed by atoms with Gasteiger partial charge in [-0.25, -0.2) is 4.39 Å². The Balaban J connectivity index is 2.17. The Labute approximate surface area is 199 Å². The van der Waals surface area contributed by atoms with Crippen molar-refractivity contribution in [3.8, 4) is 0 Å². The predicted molar refractivity (Wildman–Crippen MR) is 127 cm³/mol. The van der Waals surface area contributed by atoms with Gasteiger partial charge in [0.15, 0.2) is 5.69 Å². The van der Waals surface area contributed by atoms with E-state index in [1.54, 1.807) is 18.2 Å². The molecule has 2 aromatic carbocycles. The molecule has 0 spiro atoms. The normalized spacial score (nSPS) is 11.6. The molecule has 0 bridgehead atoms. The number of aromatic nitrogens is 1. The van der Waals surface area contributed by atoms with Crippen molar-refractivity contribution >= 4 is 40.6 Å². The third-order valence-electron chi connectivity index (χ3n) is 4.95. The van der Waals surface area contributed by atoms with E-state index in [0.717, 1.165) is 5.56 Å². The first-order valence-corrected chi connectivity index (χ1v) is 11.0. The molecule has 0 aliphatic rings. The highest BCUT2D eigenvalue weighted by Crippen LogP contribution is 2.33. The van der Waals surface area contributed by atoms with Gasteiger partial charge in [0, 0.05) is 19.3 Å². The second kappa shape index (κ2) is 10.9. The molecule has 3 amide bonds. The van der Waals surface area contributed by atoms with Crippen molar-refractivity contribution in [1.29, 1.82) is 0 Å².